The van der Waals surface area contributed by atoms with Crippen LogP contribution in [-0.4, -0.2) is 4.57 Å². The molecule has 1 heteroatoms. The zero-order valence-electron chi connectivity index (χ0n) is 25.4. The SMILES string of the molecule is Cc1c(C)n(-c2ccc(-c3cc4ccccc4c4ccccc34)cc2)c2cc3ccc(-c4ccc5ccccc5c4)cc3cc12. The van der Waals surface area contributed by atoms with Crippen LogP contribution in [0.2, 0.25) is 0 Å². The van der Waals surface area contributed by atoms with Crippen LogP contribution in [0.5, 0.6) is 0 Å². The minimum atomic E-state index is 1.19. The van der Waals surface area contributed by atoms with Gasteiger partial charge in [-0.25, -0.2) is 0 Å². The Bertz CT molecular complexity index is 2600. The Labute approximate surface area is 262 Å². The highest BCUT2D eigenvalue weighted by molar-refractivity contribution is 6.13. The van der Waals surface area contributed by atoms with Crippen molar-refractivity contribution in [3.63, 3.8) is 0 Å². The highest BCUT2D eigenvalue weighted by Crippen LogP contribution is 2.37. The molecule has 1 aromatic heterocycles. The first-order chi connectivity index (χ1) is 22.1. The lowest BCUT2D eigenvalue weighted by molar-refractivity contribution is 1.04. The second kappa shape index (κ2) is 9.94. The maximum absolute atomic E-state index is 2.42. The molecule has 212 valence electrons. The van der Waals surface area contributed by atoms with Gasteiger partial charge in [0.2, 0.25) is 0 Å². The van der Waals surface area contributed by atoms with Gasteiger partial charge in [0, 0.05) is 16.8 Å². The lowest BCUT2D eigenvalue weighted by atomic mass is 9.93. The molecule has 0 aliphatic rings. The van der Waals surface area contributed by atoms with Gasteiger partial charge in [-0.1, -0.05) is 109 Å². The minimum absolute atomic E-state index is 1.19. The van der Waals surface area contributed by atoms with Crippen LogP contribution >= 0.6 is 0 Å². The average Bonchev–Trinajstić information content (AvgIpc) is 3.34. The van der Waals surface area contributed by atoms with Crippen LogP contribution in [0.1, 0.15) is 11.3 Å². The van der Waals surface area contributed by atoms with Gasteiger partial charge < -0.3 is 4.57 Å². The molecule has 1 heterocycles. The van der Waals surface area contributed by atoms with Crippen molar-refractivity contribution in [2.24, 2.45) is 0 Å². The van der Waals surface area contributed by atoms with Crippen LogP contribution in [0.25, 0.3) is 81.9 Å². The predicted octanol–water partition coefficient (Wildman–Crippen LogP) is 12.2. The number of rotatable bonds is 3. The lowest BCUT2D eigenvalue weighted by Crippen LogP contribution is -1.97. The Hall–Kier alpha value is -5.66. The summed E-state index contributed by atoms with van der Waals surface area (Å²) in [6.45, 7) is 4.49. The number of aryl methyl sites for hydroxylation is 1. The average molecular weight is 574 g/mol. The molecule has 0 bridgehead atoms. The normalized spacial score (nSPS) is 11.8. The fraction of sp³-hybridized carbons (Fsp3) is 0.0455. The van der Waals surface area contributed by atoms with Crippen LogP contribution in [0.15, 0.2) is 152 Å². The molecule has 0 N–H and O–H groups in total. The molecule has 0 amide bonds. The second-order valence-corrected chi connectivity index (χ2v) is 12.3. The number of nitrogens with zero attached hydrogens (tertiary/aromatic N) is 1. The minimum Gasteiger partial charge on any atom is -0.314 e. The van der Waals surface area contributed by atoms with Gasteiger partial charge in [0.25, 0.3) is 0 Å². The van der Waals surface area contributed by atoms with Gasteiger partial charge in [0.1, 0.15) is 0 Å². The highest BCUT2D eigenvalue weighted by atomic mass is 15.0. The molecular weight excluding hydrogens is 542 g/mol. The van der Waals surface area contributed by atoms with E-state index in [4.69, 9.17) is 0 Å². The first-order valence-corrected chi connectivity index (χ1v) is 15.7. The Balaban J connectivity index is 1.14. The molecule has 0 atom stereocenters. The number of hydrogen-bond acceptors (Lipinski definition) is 0. The zero-order chi connectivity index (χ0) is 30.1. The Kier molecular flexibility index (Phi) is 5.70. The molecule has 0 aliphatic carbocycles. The fourth-order valence-corrected chi connectivity index (χ4v) is 7.28. The molecule has 0 saturated carbocycles. The smallest absolute Gasteiger partial charge is 0.0540 e. The van der Waals surface area contributed by atoms with Gasteiger partial charge in [-0.15, -0.1) is 0 Å². The summed E-state index contributed by atoms with van der Waals surface area (Å²) in [4.78, 5) is 0. The zero-order valence-corrected chi connectivity index (χ0v) is 25.4. The molecule has 1 nitrogen and oxygen atoms in total. The van der Waals surface area contributed by atoms with Gasteiger partial charge in [-0.3, -0.25) is 0 Å². The molecule has 0 fully saturated rings. The van der Waals surface area contributed by atoms with Crippen LogP contribution < -0.4 is 0 Å². The molecule has 0 saturated heterocycles. The molecule has 0 spiro atoms. The van der Waals surface area contributed by atoms with E-state index in [0.717, 1.165) is 0 Å². The summed E-state index contributed by atoms with van der Waals surface area (Å²) >= 11 is 0. The third-order valence-corrected chi connectivity index (χ3v) is 9.77. The Morgan fingerprint density at radius 1 is 0.378 bits per heavy atom. The summed E-state index contributed by atoms with van der Waals surface area (Å²) in [6, 6.07) is 55.8. The van der Waals surface area contributed by atoms with Gasteiger partial charge in [-0.2, -0.15) is 0 Å². The van der Waals surface area contributed by atoms with Crippen LogP contribution in [-0.2, 0) is 0 Å². The van der Waals surface area contributed by atoms with E-state index in [-0.39, 0.29) is 0 Å². The molecule has 9 rings (SSSR count). The topological polar surface area (TPSA) is 4.93 Å². The molecular formula is C44H31N. The van der Waals surface area contributed by atoms with Crippen molar-refractivity contribution >= 4 is 54.0 Å². The van der Waals surface area contributed by atoms with Crippen molar-refractivity contribution in [1.29, 1.82) is 0 Å². The van der Waals surface area contributed by atoms with E-state index in [0.29, 0.717) is 0 Å². The monoisotopic (exact) mass is 573 g/mol. The van der Waals surface area contributed by atoms with Crippen molar-refractivity contribution in [2.45, 2.75) is 13.8 Å². The molecule has 45 heavy (non-hydrogen) atoms. The fourth-order valence-electron chi connectivity index (χ4n) is 7.28. The van der Waals surface area contributed by atoms with Gasteiger partial charge >= 0.3 is 0 Å². The maximum atomic E-state index is 2.42. The van der Waals surface area contributed by atoms with Crippen LogP contribution in [0.4, 0.5) is 0 Å². The Morgan fingerprint density at radius 2 is 0.956 bits per heavy atom. The second-order valence-electron chi connectivity index (χ2n) is 12.3. The van der Waals surface area contributed by atoms with E-state index in [1.807, 2.05) is 0 Å². The summed E-state index contributed by atoms with van der Waals surface area (Å²) in [5, 5.41) is 11.5. The number of fused-ring (bicyclic) bond motifs is 6. The number of hydrogen-bond donors (Lipinski definition) is 0. The standard InChI is InChI=1S/C44H31N/c1-28-29(2)45(38-21-19-31(20-22-38)43-25-36-11-5-6-12-39(36)40-13-7-8-14-41(40)43)44-27-35-18-17-34(24-37(35)26-42(28)44)33-16-15-30-9-3-4-10-32(30)23-33/h3-27H,1-2H3. The third kappa shape index (κ3) is 4.08. The third-order valence-electron chi connectivity index (χ3n) is 9.77. The lowest BCUT2D eigenvalue weighted by Gasteiger charge is -2.13. The maximum Gasteiger partial charge on any atom is 0.0540 e. The van der Waals surface area contributed by atoms with Crippen molar-refractivity contribution < 1.29 is 0 Å². The van der Waals surface area contributed by atoms with Crippen molar-refractivity contribution in [2.75, 3.05) is 0 Å². The molecule has 9 aromatic rings. The van der Waals surface area contributed by atoms with Crippen LogP contribution in [0.3, 0.4) is 0 Å². The summed E-state index contributed by atoms with van der Waals surface area (Å²) in [7, 11) is 0. The molecule has 0 unspecified atom stereocenters. The van der Waals surface area contributed by atoms with Gasteiger partial charge in [0.15, 0.2) is 0 Å². The van der Waals surface area contributed by atoms with E-state index in [1.165, 1.54) is 93.2 Å². The largest absolute Gasteiger partial charge is 0.314 e. The summed E-state index contributed by atoms with van der Waals surface area (Å²) in [5.41, 5.74) is 10.0. The number of benzene rings is 8. The molecule has 0 radical (unpaired) electrons. The quantitative estimate of drug-likeness (QED) is 0.185. The highest BCUT2D eigenvalue weighted by Gasteiger charge is 2.15. The van der Waals surface area contributed by atoms with Gasteiger partial charge in [-0.05, 0) is 127 Å². The van der Waals surface area contributed by atoms with E-state index < -0.39 is 0 Å². The van der Waals surface area contributed by atoms with Crippen molar-refractivity contribution in [1.82, 2.24) is 4.57 Å². The Morgan fingerprint density at radius 3 is 1.73 bits per heavy atom. The predicted molar refractivity (Wildman–Crippen MR) is 194 cm³/mol. The first-order valence-electron chi connectivity index (χ1n) is 15.7. The number of aromatic nitrogens is 1. The summed E-state index contributed by atoms with van der Waals surface area (Å²) in [5.74, 6) is 0. The molecule has 8 aromatic carbocycles. The summed E-state index contributed by atoms with van der Waals surface area (Å²) in [6.07, 6.45) is 0. The summed E-state index contributed by atoms with van der Waals surface area (Å²) < 4.78 is 2.42. The molecule has 0 aliphatic heterocycles. The van der Waals surface area contributed by atoms with E-state index in [1.54, 1.807) is 0 Å². The van der Waals surface area contributed by atoms with Crippen molar-refractivity contribution in [3.05, 3.63) is 163 Å². The van der Waals surface area contributed by atoms with Gasteiger partial charge in [0.05, 0.1) is 5.52 Å². The van der Waals surface area contributed by atoms with E-state index >= 15 is 0 Å². The van der Waals surface area contributed by atoms with E-state index in [2.05, 4.69) is 170 Å². The van der Waals surface area contributed by atoms with Crippen molar-refractivity contribution in [3.8, 4) is 27.9 Å². The van der Waals surface area contributed by atoms with Crippen LogP contribution in [0, 0.1) is 13.8 Å². The van der Waals surface area contributed by atoms with E-state index in [9.17, 15) is 0 Å². The first kappa shape index (κ1) is 25.8.